The third-order valence-corrected chi connectivity index (χ3v) is 5.83. The van der Waals surface area contributed by atoms with Crippen molar-refractivity contribution in [3.63, 3.8) is 0 Å². The summed E-state index contributed by atoms with van der Waals surface area (Å²) in [6, 6.07) is 15.8. The van der Waals surface area contributed by atoms with Crippen molar-refractivity contribution in [2.45, 2.75) is 25.8 Å². The first-order valence-electron chi connectivity index (χ1n) is 9.86. The number of carbonyl (C=O) groups is 1. The summed E-state index contributed by atoms with van der Waals surface area (Å²) in [5, 5.41) is 5.46. The molecule has 4 aromatic rings. The lowest BCUT2D eigenvalue weighted by atomic mass is 10.0. The Morgan fingerprint density at radius 3 is 2.63 bits per heavy atom. The van der Waals surface area contributed by atoms with Gasteiger partial charge < -0.3 is 4.74 Å². The number of aryl methyl sites for hydroxylation is 2. The largest absolute Gasteiger partial charge is 0.494 e. The first kappa shape index (κ1) is 20.2. The molecule has 0 aliphatic heterocycles. The number of thioether (sulfide) groups is 1. The third-order valence-electron chi connectivity index (χ3n) is 4.84. The van der Waals surface area contributed by atoms with Crippen molar-refractivity contribution in [2.75, 3.05) is 12.4 Å². The van der Waals surface area contributed by atoms with Gasteiger partial charge in [0.05, 0.1) is 23.6 Å². The van der Waals surface area contributed by atoms with Crippen molar-refractivity contribution in [1.82, 2.24) is 14.6 Å². The Kier molecular flexibility index (Phi) is 5.86. The van der Waals surface area contributed by atoms with Crippen LogP contribution in [0.5, 0.6) is 5.75 Å². The molecule has 0 unspecified atom stereocenters. The van der Waals surface area contributed by atoms with Gasteiger partial charge in [0.25, 0.3) is 0 Å². The molecule has 0 bridgehead atoms. The van der Waals surface area contributed by atoms with Crippen LogP contribution in [0.25, 0.3) is 16.8 Å². The predicted octanol–water partition coefficient (Wildman–Crippen LogP) is 5.39. The van der Waals surface area contributed by atoms with Crippen LogP contribution in [0.4, 0.5) is 0 Å². The van der Waals surface area contributed by atoms with E-state index in [0.29, 0.717) is 12.4 Å². The lowest BCUT2D eigenvalue weighted by Crippen LogP contribution is -2.05. The van der Waals surface area contributed by atoms with Gasteiger partial charge in [0.15, 0.2) is 5.78 Å². The molecule has 0 fully saturated rings. The van der Waals surface area contributed by atoms with E-state index in [1.54, 1.807) is 6.20 Å². The Balaban J connectivity index is 1.55. The highest BCUT2D eigenvalue weighted by atomic mass is 32.2. The maximum absolute atomic E-state index is 12.7. The van der Waals surface area contributed by atoms with Crippen molar-refractivity contribution in [2.24, 2.45) is 0 Å². The summed E-state index contributed by atoms with van der Waals surface area (Å²) in [5.41, 5.74) is 5.68. The highest BCUT2D eigenvalue weighted by molar-refractivity contribution is 8.00. The number of ether oxygens (including phenoxy) is 1. The summed E-state index contributed by atoms with van der Waals surface area (Å²) in [5.74, 6) is 1.28. The smallest absolute Gasteiger partial charge is 0.173 e. The van der Waals surface area contributed by atoms with E-state index in [9.17, 15) is 4.79 Å². The maximum atomic E-state index is 12.7. The molecule has 0 atom stereocenters. The number of rotatable bonds is 7. The van der Waals surface area contributed by atoms with Gasteiger partial charge in [0, 0.05) is 23.5 Å². The number of nitrogens with zero attached hydrogens (tertiary/aromatic N) is 3. The second-order valence-corrected chi connectivity index (χ2v) is 8.04. The van der Waals surface area contributed by atoms with Gasteiger partial charge in [-0.1, -0.05) is 35.5 Å². The predicted molar refractivity (Wildman–Crippen MR) is 121 cm³/mol. The van der Waals surface area contributed by atoms with Crippen LogP contribution in [-0.2, 0) is 0 Å². The molecule has 5 nitrogen and oxygen atoms in total. The van der Waals surface area contributed by atoms with Crippen LogP contribution >= 0.6 is 11.8 Å². The Bertz CT molecular complexity index is 1200. The van der Waals surface area contributed by atoms with Crippen LogP contribution in [0, 0.1) is 13.8 Å². The number of aromatic nitrogens is 3. The molecule has 6 heteroatoms. The van der Waals surface area contributed by atoms with Crippen molar-refractivity contribution in [1.29, 1.82) is 0 Å². The number of benzene rings is 2. The van der Waals surface area contributed by atoms with Crippen LogP contribution < -0.4 is 4.74 Å². The fourth-order valence-corrected chi connectivity index (χ4v) is 4.24. The van der Waals surface area contributed by atoms with E-state index in [0.717, 1.165) is 44.2 Å². The summed E-state index contributed by atoms with van der Waals surface area (Å²) < 4.78 is 7.32. The average Bonchev–Trinajstić information content (AvgIpc) is 3.18. The number of hydrogen-bond donors (Lipinski definition) is 0. The number of ketones is 1. The van der Waals surface area contributed by atoms with Crippen molar-refractivity contribution in [3.8, 4) is 17.0 Å². The number of fused-ring (bicyclic) bond motifs is 1. The van der Waals surface area contributed by atoms with Gasteiger partial charge in [0.1, 0.15) is 10.8 Å². The van der Waals surface area contributed by atoms with Crippen LogP contribution in [0.2, 0.25) is 0 Å². The van der Waals surface area contributed by atoms with Gasteiger partial charge in [-0.25, -0.2) is 9.50 Å². The fourth-order valence-electron chi connectivity index (χ4n) is 3.38. The van der Waals surface area contributed by atoms with Gasteiger partial charge >= 0.3 is 0 Å². The van der Waals surface area contributed by atoms with E-state index in [4.69, 9.17) is 4.74 Å². The molecular weight excluding hydrogens is 394 g/mol. The molecule has 0 aliphatic rings. The molecule has 0 N–H and O–H groups in total. The minimum Gasteiger partial charge on any atom is -0.494 e. The normalized spacial score (nSPS) is 11.0. The summed E-state index contributed by atoms with van der Waals surface area (Å²) in [6.07, 6.45) is 3.54. The number of carbonyl (C=O) groups excluding carboxylic acids is 1. The Morgan fingerprint density at radius 2 is 1.90 bits per heavy atom. The highest BCUT2D eigenvalue weighted by Crippen LogP contribution is 2.28. The molecular formula is C24H23N3O2S. The van der Waals surface area contributed by atoms with Crippen LogP contribution in [0.15, 0.2) is 66.0 Å². The number of hydrogen-bond acceptors (Lipinski definition) is 5. The van der Waals surface area contributed by atoms with Gasteiger partial charge in [-0.2, -0.15) is 5.10 Å². The Hall–Kier alpha value is -3.12. The van der Waals surface area contributed by atoms with Gasteiger partial charge in [-0.15, -0.1) is 0 Å². The van der Waals surface area contributed by atoms with E-state index in [1.807, 2.05) is 80.0 Å². The monoisotopic (exact) mass is 417 g/mol. The van der Waals surface area contributed by atoms with Crippen LogP contribution in [0.3, 0.4) is 0 Å². The average molecular weight is 418 g/mol. The molecule has 0 saturated heterocycles. The number of Topliss-reactive ketones (excluding diaryl/α,β-unsaturated/α-hetero) is 1. The molecule has 30 heavy (non-hydrogen) atoms. The second-order valence-electron chi connectivity index (χ2n) is 7.08. The van der Waals surface area contributed by atoms with E-state index in [2.05, 4.69) is 10.1 Å². The minimum atomic E-state index is 0.104. The minimum absolute atomic E-state index is 0.104. The first-order chi connectivity index (χ1) is 14.5. The first-order valence-corrected chi connectivity index (χ1v) is 10.8. The quantitative estimate of drug-likeness (QED) is 0.298. The van der Waals surface area contributed by atoms with Crippen LogP contribution in [0.1, 0.15) is 28.4 Å². The van der Waals surface area contributed by atoms with Gasteiger partial charge in [0.2, 0.25) is 0 Å². The molecule has 2 heterocycles. The molecule has 2 aromatic carbocycles. The topological polar surface area (TPSA) is 56.5 Å². The van der Waals surface area contributed by atoms with Crippen molar-refractivity contribution >= 4 is 23.1 Å². The fraction of sp³-hybridized carbons (Fsp3) is 0.208. The molecule has 2 aromatic heterocycles. The van der Waals surface area contributed by atoms with Crippen molar-refractivity contribution < 1.29 is 9.53 Å². The standard InChI is InChI=1S/C24H23N3O2S/c1-4-29-19-8-6-18(7-9-19)21-14-22-24(25-11-12-27(22)26-21)30-15-23(28)20-10-5-16(2)13-17(20)3/h5-14H,4,15H2,1-3H3. The molecule has 152 valence electrons. The lowest BCUT2D eigenvalue weighted by molar-refractivity contribution is 0.102. The molecule has 4 rings (SSSR count). The Morgan fingerprint density at radius 1 is 1.10 bits per heavy atom. The molecule has 0 radical (unpaired) electrons. The molecule has 0 spiro atoms. The second kappa shape index (κ2) is 8.71. The molecule has 0 amide bonds. The van der Waals surface area contributed by atoms with E-state index < -0.39 is 0 Å². The molecule has 0 saturated carbocycles. The van der Waals surface area contributed by atoms with Gasteiger partial charge in [-0.05, 0) is 56.7 Å². The summed E-state index contributed by atoms with van der Waals surface area (Å²) >= 11 is 1.44. The summed E-state index contributed by atoms with van der Waals surface area (Å²) in [6.45, 7) is 6.61. The summed E-state index contributed by atoms with van der Waals surface area (Å²) in [7, 11) is 0. The van der Waals surface area contributed by atoms with Crippen LogP contribution in [-0.4, -0.2) is 32.7 Å². The van der Waals surface area contributed by atoms with E-state index in [-0.39, 0.29) is 5.78 Å². The van der Waals surface area contributed by atoms with E-state index in [1.165, 1.54) is 11.8 Å². The summed E-state index contributed by atoms with van der Waals surface area (Å²) in [4.78, 5) is 17.2. The zero-order valence-electron chi connectivity index (χ0n) is 17.3. The SMILES string of the molecule is CCOc1ccc(-c2cc3c(SCC(=O)c4ccc(C)cc4C)nccn3n2)cc1. The maximum Gasteiger partial charge on any atom is 0.173 e. The van der Waals surface area contributed by atoms with E-state index >= 15 is 0 Å². The lowest BCUT2D eigenvalue weighted by Gasteiger charge is -2.06. The third kappa shape index (κ3) is 4.24. The zero-order chi connectivity index (χ0) is 21.1. The van der Waals surface area contributed by atoms with Crippen molar-refractivity contribution in [3.05, 3.63) is 77.6 Å². The highest BCUT2D eigenvalue weighted by Gasteiger charge is 2.14. The van der Waals surface area contributed by atoms with Gasteiger partial charge in [-0.3, -0.25) is 4.79 Å². The molecule has 0 aliphatic carbocycles. The Labute approximate surface area is 180 Å². The zero-order valence-corrected chi connectivity index (χ0v) is 18.1.